The molecule has 2 rings (SSSR count). The van der Waals surface area contributed by atoms with Crippen LogP contribution in [-0.2, 0) is 6.18 Å². The fourth-order valence-corrected chi connectivity index (χ4v) is 2.80. The second-order valence-corrected chi connectivity index (χ2v) is 4.66. The van der Waals surface area contributed by atoms with Crippen LogP contribution >= 0.6 is 0 Å². The second kappa shape index (κ2) is 5.26. The molecular weight excluding hydrogens is 241 g/mol. The highest BCUT2D eigenvalue weighted by molar-refractivity contribution is 5.31. The second-order valence-electron chi connectivity index (χ2n) is 4.66. The molecule has 0 amide bonds. The number of pyridine rings is 1. The van der Waals surface area contributed by atoms with Crippen LogP contribution in [0.2, 0.25) is 0 Å². The van der Waals surface area contributed by atoms with Crippen LogP contribution in [0.4, 0.5) is 13.2 Å². The van der Waals surface area contributed by atoms with Gasteiger partial charge >= 0.3 is 6.18 Å². The van der Waals surface area contributed by atoms with E-state index >= 15 is 0 Å². The number of nitrogens with zero attached hydrogens (tertiary/aromatic N) is 1. The Morgan fingerprint density at radius 3 is 2.83 bits per heavy atom. The zero-order valence-electron chi connectivity index (χ0n) is 10.3. The van der Waals surface area contributed by atoms with Gasteiger partial charge in [0.1, 0.15) is 0 Å². The highest BCUT2D eigenvalue weighted by Crippen LogP contribution is 2.41. The first kappa shape index (κ1) is 13.3. The Labute approximate surface area is 105 Å². The Morgan fingerprint density at radius 1 is 1.39 bits per heavy atom. The number of halogens is 3. The molecule has 2 unspecified atom stereocenters. The maximum absolute atomic E-state index is 13.0. The molecule has 0 bridgehead atoms. The number of rotatable bonds is 3. The molecule has 0 aromatic carbocycles. The summed E-state index contributed by atoms with van der Waals surface area (Å²) in [7, 11) is 0. The first-order valence-electron chi connectivity index (χ1n) is 6.28. The summed E-state index contributed by atoms with van der Waals surface area (Å²) in [6, 6.07) is 1.22. The highest BCUT2D eigenvalue weighted by atomic mass is 19.4. The summed E-state index contributed by atoms with van der Waals surface area (Å²) >= 11 is 0. The van der Waals surface area contributed by atoms with E-state index in [4.69, 9.17) is 0 Å². The number of hydrogen-bond acceptors (Lipinski definition) is 2. The van der Waals surface area contributed by atoms with Gasteiger partial charge < -0.3 is 5.32 Å². The largest absolute Gasteiger partial charge is 0.416 e. The van der Waals surface area contributed by atoms with Gasteiger partial charge in [0.05, 0.1) is 5.56 Å². The molecule has 0 saturated heterocycles. The van der Waals surface area contributed by atoms with Gasteiger partial charge in [-0.1, -0.05) is 13.3 Å². The molecule has 1 aromatic heterocycles. The Morgan fingerprint density at radius 2 is 2.17 bits per heavy atom. The minimum absolute atomic E-state index is 0.0738. The number of aromatic nitrogens is 1. The van der Waals surface area contributed by atoms with Gasteiger partial charge in [0.2, 0.25) is 0 Å². The summed E-state index contributed by atoms with van der Waals surface area (Å²) in [4.78, 5) is 3.87. The average Bonchev–Trinajstić information content (AvgIpc) is 2.77. The summed E-state index contributed by atoms with van der Waals surface area (Å²) < 4.78 is 38.9. The van der Waals surface area contributed by atoms with Crippen molar-refractivity contribution >= 4 is 0 Å². The SMILES string of the molecule is CCNC1CCCC1c1cnccc1C(F)(F)F. The summed E-state index contributed by atoms with van der Waals surface area (Å²) in [6.45, 7) is 2.76. The number of alkyl halides is 3. The van der Waals surface area contributed by atoms with Crippen molar-refractivity contribution < 1.29 is 13.2 Å². The molecule has 5 heteroatoms. The van der Waals surface area contributed by atoms with Crippen LogP contribution in [0.5, 0.6) is 0 Å². The van der Waals surface area contributed by atoms with E-state index in [0.29, 0.717) is 5.56 Å². The van der Waals surface area contributed by atoms with Gasteiger partial charge in [-0.3, -0.25) is 4.98 Å². The molecule has 0 aliphatic heterocycles. The average molecular weight is 258 g/mol. The fraction of sp³-hybridized carbons (Fsp3) is 0.615. The maximum atomic E-state index is 13.0. The maximum Gasteiger partial charge on any atom is 0.416 e. The number of nitrogens with one attached hydrogen (secondary N) is 1. The fourth-order valence-electron chi connectivity index (χ4n) is 2.80. The topological polar surface area (TPSA) is 24.9 Å². The van der Waals surface area contributed by atoms with E-state index in [0.717, 1.165) is 31.9 Å². The Kier molecular flexibility index (Phi) is 3.90. The van der Waals surface area contributed by atoms with E-state index < -0.39 is 11.7 Å². The van der Waals surface area contributed by atoms with Crippen LogP contribution in [0, 0.1) is 0 Å². The monoisotopic (exact) mass is 258 g/mol. The van der Waals surface area contributed by atoms with Gasteiger partial charge in [0, 0.05) is 24.4 Å². The van der Waals surface area contributed by atoms with E-state index in [1.54, 1.807) is 0 Å². The lowest BCUT2D eigenvalue weighted by atomic mass is 9.91. The third kappa shape index (κ3) is 2.66. The van der Waals surface area contributed by atoms with Gasteiger partial charge in [-0.2, -0.15) is 13.2 Å². The van der Waals surface area contributed by atoms with E-state index in [9.17, 15) is 13.2 Å². The quantitative estimate of drug-likeness (QED) is 0.899. The third-order valence-corrected chi connectivity index (χ3v) is 3.54. The standard InChI is InChI=1S/C13H17F3N2/c1-2-18-12-5-3-4-9(12)10-8-17-7-6-11(10)13(14,15)16/h6-9,12,18H,2-5H2,1H3. The molecule has 1 saturated carbocycles. The number of likely N-dealkylation sites (N-methyl/N-ethyl adjacent to an activating group) is 1. The lowest BCUT2D eigenvalue weighted by Gasteiger charge is -2.23. The molecule has 1 N–H and O–H groups in total. The van der Waals surface area contributed by atoms with Crippen molar-refractivity contribution in [3.05, 3.63) is 29.6 Å². The van der Waals surface area contributed by atoms with E-state index in [1.165, 1.54) is 12.4 Å². The molecule has 18 heavy (non-hydrogen) atoms. The van der Waals surface area contributed by atoms with E-state index in [1.807, 2.05) is 6.92 Å². The summed E-state index contributed by atoms with van der Waals surface area (Å²) in [5, 5.41) is 3.28. The smallest absolute Gasteiger partial charge is 0.314 e. The van der Waals surface area contributed by atoms with E-state index in [-0.39, 0.29) is 12.0 Å². The molecule has 1 aliphatic carbocycles. The van der Waals surface area contributed by atoms with Crippen molar-refractivity contribution in [3.8, 4) is 0 Å². The predicted molar refractivity (Wildman–Crippen MR) is 63.3 cm³/mol. The summed E-state index contributed by atoms with van der Waals surface area (Å²) in [5.41, 5.74) is -0.194. The van der Waals surface area contributed by atoms with Crippen LogP contribution < -0.4 is 5.32 Å². The molecule has 1 aliphatic rings. The number of hydrogen-bond donors (Lipinski definition) is 1. The van der Waals surface area contributed by atoms with Gasteiger partial charge in [-0.25, -0.2) is 0 Å². The molecule has 100 valence electrons. The zero-order chi connectivity index (χ0) is 13.2. The zero-order valence-corrected chi connectivity index (χ0v) is 10.3. The highest BCUT2D eigenvalue weighted by Gasteiger charge is 2.38. The first-order chi connectivity index (χ1) is 8.54. The lowest BCUT2D eigenvalue weighted by Crippen LogP contribution is -2.32. The Hall–Kier alpha value is -1.10. The van der Waals surface area contributed by atoms with Crippen molar-refractivity contribution in [2.24, 2.45) is 0 Å². The van der Waals surface area contributed by atoms with Crippen molar-refractivity contribution in [1.29, 1.82) is 0 Å². The van der Waals surface area contributed by atoms with Gasteiger partial charge in [-0.05, 0) is 31.0 Å². The molecule has 2 atom stereocenters. The van der Waals surface area contributed by atoms with Crippen molar-refractivity contribution in [2.45, 2.75) is 44.3 Å². The molecular formula is C13H17F3N2. The molecule has 1 heterocycles. The summed E-state index contributed by atoms with van der Waals surface area (Å²) in [5.74, 6) is -0.0738. The van der Waals surface area contributed by atoms with Gasteiger partial charge in [0.25, 0.3) is 0 Å². The van der Waals surface area contributed by atoms with Gasteiger partial charge in [-0.15, -0.1) is 0 Å². The van der Waals surface area contributed by atoms with Gasteiger partial charge in [0.15, 0.2) is 0 Å². The molecule has 1 aromatic rings. The van der Waals surface area contributed by atoms with Crippen LogP contribution in [0.15, 0.2) is 18.5 Å². The molecule has 0 radical (unpaired) electrons. The predicted octanol–water partition coefficient (Wildman–Crippen LogP) is 3.35. The molecule has 0 spiro atoms. The molecule has 1 fully saturated rings. The van der Waals surface area contributed by atoms with Crippen molar-refractivity contribution in [3.63, 3.8) is 0 Å². The Balaban J connectivity index is 2.33. The minimum atomic E-state index is -4.29. The third-order valence-electron chi connectivity index (χ3n) is 3.54. The van der Waals surface area contributed by atoms with Crippen molar-refractivity contribution in [1.82, 2.24) is 10.3 Å². The first-order valence-corrected chi connectivity index (χ1v) is 6.28. The van der Waals surface area contributed by atoms with Crippen LogP contribution in [0.25, 0.3) is 0 Å². The van der Waals surface area contributed by atoms with E-state index in [2.05, 4.69) is 10.3 Å². The van der Waals surface area contributed by atoms with Crippen molar-refractivity contribution in [2.75, 3.05) is 6.54 Å². The normalized spacial score (nSPS) is 24.4. The van der Waals surface area contributed by atoms with Crippen LogP contribution in [0.3, 0.4) is 0 Å². The molecule has 2 nitrogen and oxygen atoms in total. The lowest BCUT2D eigenvalue weighted by molar-refractivity contribution is -0.138. The minimum Gasteiger partial charge on any atom is -0.314 e. The van der Waals surface area contributed by atoms with Crippen LogP contribution in [0.1, 0.15) is 43.2 Å². The summed E-state index contributed by atoms with van der Waals surface area (Å²) in [6.07, 6.45) is 0.996. The van der Waals surface area contributed by atoms with Crippen LogP contribution in [-0.4, -0.2) is 17.6 Å². The Bertz CT molecular complexity index is 403.